The van der Waals surface area contributed by atoms with Gasteiger partial charge in [-0.3, -0.25) is 4.79 Å². The molecular weight excluding hydrogens is 182 g/mol. The van der Waals surface area contributed by atoms with E-state index in [1.54, 1.807) is 29.0 Å². The summed E-state index contributed by atoms with van der Waals surface area (Å²) < 4.78 is 6.48. The van der Waals surface area contributed by atoms with Crippen LogP contribution in [-0.2, 0) is 11.8 Å². The number of aromatic nitrogens is 1. The zero-order chi connectivity index (χ0) is 10.1. The molecule has 0 radical (unpaired) electrons. The van der Waals surface area contributed by atoms with E-state index in [4.69, 9.17) is 0 Å². The molecule has 0 amide bonds. The molecule has 0 aliphatic carbocycles. The number of benzene rings is 1. The first kappa shape index (κ1) is 8.62. The molecule has 1 aromatic heterocycles. The Balaban J connectivity index is 2.64. The SMILES string of the molecule is Cn1cc(O)c2cc(OC=O)ccc21. The molecule has 0 aliphatic rings. The number of ether oxygens (including phenoxy) is 1. The van der Waals surface area contributed by atoms with Crippen LogP contribution in [0, 0.1) is 0 Å². The number of aromatic hydroxyl groups is 1. The smallest absolute Gasteiger partial charge is 0.298 e. The quantitative estimate of drug-likeness (QED) is 0.730. The van der Waals surface area contributed by atoms with E-state index in [0.717, 1.165) is 5.52 Å². The highest BCUT2D eigenvalue weighted by molar-refractivity contribution is 5.87. The van der Waals surface area contributed by atoms with Crippen molar-refractivity contribution in [3.8, 4) is 11.5 Å². The van der Waals surface area contributed by atoms with Gasteiger partial charge in [-0.1, -0.05) is 0 Å². The summed E-state index contributed by atoms with van der Waals surface area (Å²) >= 11 is 0. The molecule has 0 atom stereocenters. The van der Waals surface area contributed by atoms with Gasteiger partial charge in [0.2, 0.25) is 0 Å². The summed E-state index contributed by atoms with van der Waals surface area (Å²) in [7, 11) is 1.84. The normalized spacial score (nSPS) is 10.4. The van der Waals surface area contributed by atoms with Gasteiger partial charge in [0.1, 0.15) is 11.5 Å². The molecule has 0 unspecified atom stereocenters. The molecule has 1 N–H and O–H groups in total. The van der Waals surface area contributed by atoms with Gasteiger partial charge in [-0.15, -0.1) is 0 Å². The second-order valence-corrected chi connectivity index (χ2v) is 3.02. The topological polar surface area (TPSA) is 51.5 Å². The summed E-state index contributed by atoms with van der Waals surface area (Å²) in [6.07, 6.45) is 1.61. The van der Waals surface area contributed by atoms with Crippen LogP contribution in [0.5, 0.6) is 11.5 Å². The number of carbonyl (C=O) groups is 1. The van der Waals surface area contributed by atoms with Crippen LogP contribution in [0.4, 0.5) is 0 Å². The van der Waals surface area contributed by atoms with E-state index in [0.29, 0.717) is 17.6 Å². The van der Waals surface area contributed by atoms with Crippen LogP contribution in [0.3, 0.4) is 0 Å². The zero-order valence-electron chi connectivity index (χ0n) is 7.60. The zero-order valence-corrected chi connectivity index (χ0v) is 7.60. The number of rotatable bonds is 2. The van der Waals surface area contributed by atoms with Gasteiger partial charge in [0.15, 0.2) is 0 Å². The van der Waals surface area contributed by atoms with Gasteiger partial charge in [0, 0.05) is 18.6 Å². The van der Waals surface area contributed by atoms with Crippen LogP contribution in [0.1, 0.15) is 0 Å². The molecule has 0 fully saturated rings. The van der Waals surface area contributed by atoms with Crippen LogP contribution in [0.25, 0.3) is 10.9 Å². The minimum atomic E-state index is 0.179. The first-order chi connectivity index (χ1) is 6.72. The van der Waals surface area contributed by atoms with Gasteiger partial charge in [0.25, 0.3) is 6.47 Å². The molecule has 1 aromatic carbocycles. The minimum Gasteiger partial charge on any atom is -0.506 e. The molecule has 0 saturated heterocycles. The fourth-order valence-electron chi connectivity index (χ4n) is 1.48. The van der Waals surface area contributed by atoms with Crippen molar-refractivity contribution in [2.45, 2.75) is 0 Å². The Morgan fingerprint density at radius 3 is 3.00 bits per heavy atom. The molecule has 0 spiro atoms. The van der Waals surface area contributed by atoms with Crippen molar-refractivity contribution in [1.82, 2.24) is 4.57 Å². The largest absolute Gasteiger partial charge is 0.506 e. The molecule has 2 aromatic rings. The third kappa shape index (κ3) is 1.21. The maximum Gasteiger partial charge on any atom is 0.298 e. The summed E-state index contributed by atoms with van der Waals surface area (Å²) in [5.41, 5.74) is 0.890. The third-order valence-electron chi connectivity index (χ3n) is 2.12. The number of aryl methyl sites for hydroxylation is 1. The second-order valence-electron chi connectivity index (χ2n) is 3.02. The van der Waals surface area contributed by atoms with Crippen LogP contribution in [0.15, 0.2) is 24.4 Å². The van der Waals surface area contributed by atoms with Gasteiger partial charge in [0.05, 0.1) is 5.52 Å². The van der Waals surface area contributed by atoms with Crippen molar-refractivity contribution in [2.75, 3.05) is 0 Å². The van der Waals surface area contributed by atoms with E-state index >= 15 is 0 Å². The van der Waals surface area contributed by atoms with Crippen molar-refractivity contribution in [2.24, 2.45) is 7.05 Å². The maximum atomic E-state index is 10.1. The van der Waals surface area contributed by atoms with Crippen LogP contribution in [-0.4, -0.2) is 16.1 Å². The number of nitrogens with zero attached hydrogens (tertiary/aromatic N) is 1. The first-order valence-corrected chi connectivity index (χ1v) is 4.10. The maximum absolute atomic E-state index is 10.1. The summed E-state index contributed by atoms with van der Waals surface area (Å²) in [6, 6.07) is 5.09. The summed E-state index contributed by atoms with van der Waals surface area (Å²) in [4.78, 5) is 10.1. The van der Waals surface area contributed by atoms with Gasteiger partial charge < -0.3 is 14.4 Å². The lowest BCUT2D eigenvalue weighted by Gasteiger charge is -1.98. The number of fused-ring (bicyclic) bond motifs is 1. The Morgan fingerprint density at radius 2 is 2.29 bits per heavy atom. The molecule has 0 saturated carbocycles. The highest BCUT2D eigenvalue weighted by atomic mass is 16.5. The highest BCUT2D eigenvalue weighted by Crippen LogP contribution is 2.29. The highest BCUT2D eigenvalue weighted by Gasteiger charge is 2.06. The Kier molecular flexibility index (Phi) is 1.89. The lowest BCUT2D eigenvalue weighted by Crippen LogP contribution is -1.88. The van der Waals surface area contributed by atoms with Gasteiger partial charge in [-0.25, -0.2) is 0 Å². The lowest BCUT2D eigenvalue weighted by molar-refractivity contribution is -0.120. The first-order valence-electron chi connectivity index (χ1n) is 4.10. The van der Waals surface area contributed by atoms with E-state index in [1.165, 1.54) is 0 Å². The Labute approximate surface area is 80.3 Å². The van der Waals surface area contributed by atoms with E-state index in [9.17, 15) is 9.90 Å². The molecule has 72 valence electrons. The molecule has 4 nitrogen and oxygen atoms in total. The van der Waals surface area contributed by atoms with Crippen LogP contribution < -0.4 is 4.74 Å². The molecule has 4 heteroatoms. The molecule has 14 heavy (non-hydrogen) atoms. The third-order valence-corrected chi connectivity index (χ3v) is 2.12. The fraction of sp³-hybridized carbons (Fsp3) is 0.100. The number of hydrogen-bond donors (Lipinski definition) is 1. The average Bonchev–Trinajstić information content (AvgIpc) is 2.43. The Bertz CT molecular complexity index is 487. The van der Waals surface area contributed by atoms with Crippen molar-refractivity contribution in [3.05, 3.63) is 24.4 Å². The lowest BCUT2D eigenvalue weighted by atomic mass is 10.2. The van der Waals surface area contributed by atoms with E-state index in [1.807, 2.05) is 7.05 Å². The second kappa shape index (κ2) is 3.06. The molecular formula is C10H9NO3. The van der Waals surface area contributed by atoms with E-state index in [-0.39, 0.29) is 5.75 Å². The molecule has 0 bridgehead atoms. The van der Waals surface area contributed by atoms with Gasteiger partial charge in [-0.2, -0.15) is 0 Å². The number of hydrogen-bond acceptors (Lipinski definition) is 3. The average molecular weight is 191 g/mol. The van der Waals surface area contributed by atoms with Crippen molar-refractivity contribution >= 4 is 17.4 Å². The molecule has 1 heterocycles. The molecule has 2 rings (SSSR count). The van der Waals surface area contributed by atoms with Crippen LogP contribution >= 0.6 is 0 Å². The van der Waals surface area contributed by atoms with Crippen LogP contribution in [0.2, 0.25) is 0 Å². The van der Waals surface area contributed by atoms with Gasteiger partial charge in [-0.05, 0) is 18.2 Å². The predicted molar refractivity (Wildman–Crippen MR) is 51.3 cm³/mol. The van der Waals surface area contributed by atoms with Gasteiger partial charge >= 0.3 is 0 Å². The standard InChI is InChI=1S/C10H9NO3/c1-11-5-10(13)8-4-7(14-6-12)2-3-9(8)11/h2-6,13H,1H3. The summed E-state index contributed by atoms with van der Waals surface area (Å²) in [5, 5.41) is 10.2. The van der Waals surface area contributed by atoms with Crippen molar-refractivity contribution in [3.63, 3.8) is 0 Å². The summed E-state index contributed by atoms with van der Waals surface area (Å²) in [5.74, 6) is 0.604. The Hall–Kier alpha value is -1.97. The van der Waals surface area contributed by atoms with E-state index in [2.05, 4.69) is 4.74 Å². The van der Waals surface area contributed by atoms with E-state index < -0.39 is 0 Å². The minimum absolute atomic E-state index is 0.179. The Morgan fingerprint density at radius 1 is 1.50 bits per heavy atom. The molecule has 0 aliphatic heterocycles. The number of carbonyl (C=O) groups excluding carboxylic acids is 1. The predicted octanol–water partition coefficient (Wildman–Crippen LogP) is 1.42. The fourth-order valence-corrected chi connectivity index (χ4v) is 1.48. The monoisotopic (exact) mass is 191 g/mol. The van der Waals surface area contributed by atoms with Crippen molar-refractivity contribution in [1.29, 1.82) is 0 Å². The summed E-state index contributed by atoms with van der Waals surface area (Å²) in [6.45, 7) is 0.362. The van der Waals surface area contributed by atoms with Crippen molar-refractivity contribution < 1.29 is 14.6 Å².